The average Bonchev–Trinajstić information content (AvgIpc) is 2.74. The van der Waals surface area contributed by atoms with Crippen LogP contribution in [0.2, 0.25) is 5.02 Å². The number of para-hydroxylation sites is 1. The highest BCUT2D eigenvalue weighted by atomic mass is 35.5. The van der Waals surface area contributed by atoms with Gasteiger partial charge in [-0.3, -0.25) is 13.9 Å². The van der Waals surface area contributed by atoms with Crippen LogP contribution < -0.4 is 9.62 Å². The van der Waals surface area contributed by atoms with Gasteiger partial charge in [0, 0.05) is 17.6 Å². The van der Waals surface area contributed by atoms with Crippen LogP contribution in [0.25, 0.3) is 0 Å². The molecule has 0 saturated heterocycles. The normalized spacial score (nSPS) is 12.3. The molecular formula is C24H32ClN3O4S. The Morgan fingerprint density at radius 2 is 1.73 bits per heavy atom. The van der Waals surface area contributed by atoms with Gasteiger partial charge in [-0.15, -0.1) is 0 Å². The summed E-state index contributed by atoms with van der Waals surface area (Å²) in [7, 11) is -3.76. The zero-order valence-corrected chi connectivity index (χ0v) is 21.3. The lowest BCUT2D eigenvalue weighted by molar-refractivity contribution is -0.139. The number of benzene rings is 2. The molecule has 0 radical (unpaired) electrons. The minimum atomic E-state index is -3.76. The molecule has 2 aromatic rings. The summed E-state index contributed by atoms with van der Waals surface area (Å²) >= 11 is 6.11. The van der Waals surface area contributed by atoms with Gasteiger partial charge in [0.2, 0.25) is 21.8 Å². The average molecular weight is 494 g/mol. The van der Waals surface area contributed by atoms with Gasteiger partial charge in [0.1, 0.15) is 12.6 Å². The Balaban J connectivity index is 2.43. The molecule has 180 valence electrons. The first-order chi connectivity index (χ1) is 15.4. The summed E-state index contributed by atoms with van der Waals surface area (Å²) in [6.45, 7) is 6.91. The van der Waals surface area contributed by atoms with Gasteiger partial charge in [-0.25, -0.2) is 8.42 Å². The number of nitrogens with zero attached hydrogens (tertiary/aromatic N) is 2. The predicted octanol–water partition coefficient (Wildman–Crippen LogP) is 3.61. The molecule has 33 heavy (non-hydrogen) atoms. The van der Waals surface area contributed by atoms with Crippen molar-refractivity contribution in [3.8, 4) is 0 Å². The molecule has 2 aromatic carbocycles. The molecule has 0 heterocycles. The van der Waals surface area contributed by atoms with Gasteiger partial charge in [0.25, 0.3) is 0 Å². The van der Waals surface area contributed by atoms with Crippen LogP contribution in [-0.2, 0) is 32.6 Å². The minimum Gasteiger partial charge on any atom is -0.352 e. The van der Waals surface area contributed by atoms with Crippen molar-refractivity contribution in [3.63, 3.8) is 0 Å². The second-order valence-corrected chi connectivity index (χ2v) is 10.6. The SMILES string of the molecule is CCc1ccccc1N(CC(=O)N(Cc1cccc(Cl)c1)[C@H](C)C(=O)NC(C)C)S(C)(=O)=O. The highest BCUT2D eigenvalue weighted by Gasteiger charge is 2.30. The van der Waals surface area contributed by atoms with E-state index in [1.54, 1.807) is 43.3 Å². The lowest BCUT2D eigenvalue weighted by Gasteiger charge is -2.32. The van der Waals surface area contributed by atoms with Crippen molar-refractivity contribution in [2.24, 2.45) is 0 Å². The number of nitrogens with one attached hydrogen (secondary N) is 1. The molecule has 1 N–H and O–H groups in total. The van der Waals surface area contributed by atoms with E-state index in [2.05, 4.69) is 5.32 Å². The number of carbonyl (C=O) groups excluding carboxylic acids is 2. The van der Waals surface area contributed by atoms with Gasteiger partial charge in [-0.2, -0.15) is 0 Å². The van der Waals surface area contributed by atoms with E-state index in [1.807, 2.05) is 32.9 Å². The van der Waals surface area contributed by atoms with Gasteiger partial charge in [0.05, 0.1) is 11.9 Å². The Morgan fingerprint density at radius 3 is 2.30 bits per heavy atom. The van der Waals surface area contributed by atoms with Gasteiger partial charge >= 0.3 is 0 Å². The summed E-state index contributed by atoms with van der Waals surface area (Å²) in [6.07, 6.45) is 1.68. The summed E-state index contributed by atoms with van der Waals surface area (Å²) in [5.41, 5.74) is 2.00. The minimum absolute atomic E-state index is 0.105. The quantitative estimate of drug-likeness (QED) is 0.547. The fraction of sp³-hybridized carbons (Fsp3) is 0.417. The Hall–Kier alpha value is -2.58. The maximum atomic E-state index is 13.5. The van der Waals surface area contributed by atoms with Gasteiger partial charge in [-0.05, 0) is 56.5 Å². The fourth-order valence-electron chi connectivity index (χ4n) is 3.47. The van der Waals surface area contributed by atoms with E-state index in [-0.39, 0.29) is 18.5 Å². The topological polar surface area (TPSA) is 86.8 Å². The van der Waals surface area contributed by atoms with Gasteiger partial charge in [0.15, 0.2) is 0 Å². The number of carbonyl (C=O) groups is 2. The molecular weight excluding hydrogens is 462 g/mol. The monoisotopic (exact) mass is 493 g/mol. The zero-order chi connectivity index (χ0) is 24.8. The lowest BCUT2D eigenvalue weighted by Crippen LogP contribution is -2.52. The smallest absolute Gasteiger partial charge is 0.244 e. The van der Waals surface area contributed by atoms with E-state index in [0.717, 1.165) is 21.7 Å². The van der Waals surface area contributed by atoms with E-state index in [4.69, 9.17) is 11.6 Å². The highest BCUT2D eigenvalue weighted by molar-refractivity contribution is 7.92. The third-order valence-corrected chi connectivity index (χ3v) is 6.52. The first kappa shape index (κ1) is 26.7. The summed E-state index contributed by atoms with van der Waals surface area (Å²) < 4.78 is 26.4. The van der Waals surface area contributed by atoms with E-state index in [1.165, 1.54) is 4.90 Å². The summed E-state index contributed by atoms with van der Waals surface area (Å²) in [4.78, 5) is 27.6. The van der Waals surface area contributed by atoms with Crippen LogP contribution in [0.4, 0.5) is 5.69 Å². The molecule has 0 saturated carbocycles. The highest BCUT2D eigenvalue weighted by Crippen LogP contribution is 2.24. The van der Waals surface area contributed by atoms with E-state index in [9.17, 15) is 18.0 Å². The molecule has 2 rings (SSSR count). The number of rotatable bonds is 10. The molecule has 0 fully saturated rings. The maximum Gasteiger partial charge on any atom is 0.244 e. The molecule has 0 spiro atoms. The lowest BCUT2D eigenvalue weighted by atomic mass is 10.1. The third-order valence-electron chi connectivity index (χ3n) is 5.16. The molecule has 0 bridgehead atoms. The van der Waals surface area contributed by atoms with Crippen LogP contribution in [0.5, 0.6) is 0 Å². The standard InChI is InChI=1S/C24H32ClN3O4S/c1-6-20-11-7-8-13-22(20)28(33(5,31)32)16-23(29)27(18(4)24(30)26-17(2)3)15-19-10-9-12-21(25)14-19/h7-14,17-18H,6,15-16H2,1-5H3,(H,26,30)/t18-/m1/s1. The van der Waals surface area contributed by atoms with E-state index in [0.29, 0.717) is 17.1 Å². The van der Waals surface area contributed by atoms with Crippen molar-refractivity contribution in [1.29, 1.82) is 0 Å². The Morgan fingerprint density at radius 1 is 1.06 bits per heavy atom. The number of anilines is 1. The third kappa shape index (κ3) is 7.47. The molecule has 1 atom stereocenters. The molecule has 0 aliphatic rings. The fourth-order valence-corrected chi connectivity index (χ4v) is 4.56. The Bertz CT molecular complexity index is 1090. The van der Waals surface area contributed by atoms with Crippen LogP contribution in [-0.4, -0.2) is 50.0 Å². The largest absolute Gasteiger partial charge is 0.352 e. The number of hydrogen-bond acceptors (Lipinski definition) is 4. The zero-order valence-electron chi connectivity index (χ0n) is 19.7. The molecule has 7 nitrogen and oxygen atoms in total. The molecule has 9 heteroatoms. The second kappa shape index (κ2) is 11.5. The molecule has 2 amide bonds. The van der Waals surface area contributed by atoms with Crippen molar-refractivity contribution in [2.45, 2.75) is 52.7 Å². The van der Waals surface area contributed by atoms with Crippen molar-refractivity contribution in [2.75, 3.05) is 17.1 Å². The van der Waals surface area contributed by atoms with E-state index < -0.39 is 28.5 Å². The second-order valence-electron chi connectivity index (χ2n) is 8.24. The number of halogens is 1. The van der Waals surface area contributed by atoms with Crippen molar-refractivity contribution in [1.82, 2.24) is 10.2 Å². The number of amides is 2. The summed E-state index contributed by atoms with van der Waals surface area (Å²) in [6, 6.07) is 13.2. The number of aryl methyl sites for hydroxylation is 1. The van der Waals surface area contributed by atoms with Crippen molar-refractivity contribution in [3.05, 3.63) is 64.7 Å². The number of hydrogen-bond donors (Lipinski definition) is 1. The van der Waals surface area contributed by atoms with E-state index >= 15 is 0 Å². The summed E-state index contributed by atoms with van der Waals surface area (Å²) in [5, 5.41) is 3.33. The van der Waals surface area contributed by atoms with Crippen LogP contribution in [0.15, 0.2) is 48.5 Å². The molecule has 0 aliphatic heterocycles. The van der Waals surface area contributed by atoms with Crippen LogP contribution in [0, 0.1) is 0 Å². The van der Waals surface area contributed by atoms with Crippen LogP contribution in [0.3, 0.4) is 0 Å². The number of sulfonamides is 1. The van der Waals surface area contributed by atoms with Gasteiger partial charge < -0.3 is 10.2 Å². The predicted molar refractivity (Wildman–Crippen MR) is 133 cm³/mol. The first-order valence-corrected chi connectivity index (χ1v) is 13.1. The molecule has 0 unspecified atom stereocenters. The molecule has 0 aliphatic carbocycles. The van der Waals surface area contributed by atoms with Gasteiger partial charge in [-0.1, -0.05) is 48.9 Å². The summed E-state index contributed by atoms with van der Waals surface area (Å²) in [5.74, 6) is -0.807. The molecule has 0 aromatic heterocycles. The Kier molecular flexibility index (Phi) is 9.31. The van der Waals surface area contributed by atoms with Crippen molar-refractivity contribution < 1.29 is 18.0 Å². The Labute approximate surface area is 201 Å². The maximum absolute atomic E-state index is 13.5. The first-order valence-electron chi connectivity index (χ1n) is 10.8. The van der Waals surface area contributed by atoms with Crippen LogP contribution >= 0.6 is 11.6 Å². The van der Waals surface area contributed by atoms with Crippen molar-refractivity contribution >= 4 is 39.1 Å². The van der Waals surface area contributed by atoms with Crippen LogP contribution in [0.1, 0.15) is 38.8 Å².